The summed E-state index contributed by atoms with van der Waals surface area (Å²) in [5, 5.41) is 2.42. The van der Waals surface area contributed by atoms with E-state index < -0.39 is 6.03 Å². The predicted molar refractivity (Wildman–Crippen MR) is 65.4 cm³/mol. The lowest BCUT2D eigenvalue weighted by atomic mass is 10.3. The van der Waals surface area contributed by atoms with Gasteiger partial charge in [0.05, 0.1) is 18.8 Å². The summed E-state index contributed by atoms with van der Waals surface area (Å²) in [4.78, 5) is 40.0. The number of rotatable bonds is 2. The number of pyridine rings is 1. The van der Waals surface area contributed by atoms with Crippen LogP contribution in [0.2, 0.25) is 0 Å². The Morgan fingerprint density at radius 1 is 1.26 bits per heavy atom. The molecule has 1 aliphatic rings. The van der Waals surface area contributed by atoms with Gasteiger partial charge >= 0.3 is 6.03 Å². The van der Waals surface area contributed by atoms with E-state index in [1.165, 1.54) is 10.5 Å². The minimum absolute atomic E-state index is 0.00526. The molecule has 1 fully saturated rings. The van der Waals surface area contributed by atoms with Crippen molar-refractivity contribution in [1.29, 1.82) is 0 Å². The van der Waals surface area contributed by atoms with Crippen molar-refractivity contribution in [2.45, 2.75) is 6.54 Å². The number of carbonyl (C=O) groups excluding carboxylic acids is 2. The third kappa shape index (κ3) is 1.95. The first-order valence-corrected chi connectivity index (χ1v) is 5.71. The van der Waals surface area contributed by atoms with E-state index in [-0.39, 0.29) is 24.6 Å². The van der Waals surface area contributed by atoms with Gasteiger partial charge in [0, 0.05) is 12.3 Å². The number of nitrogens with zero attached hydrogens (tertiary/aromatic N) is 3. The maximum Gasteiger partial charge on any atom is 0.324 e. The van der Waals surface area contributed by atoms with Gasteiger partial charge in [-0.25, -0.2) is 9.78 Å². The molecule has 0 aromatic carbocycles. The maximum absolute atomic E-state index is 11.9. The lowest BCUT2D eigenvalue weighted by Gasteiger charge is -2.11. The Labute approximate surface area is 107 Å². The van der Waals surface area contributed by atoms with Gasteiger partial charge in [-0.15, -0.1) is 0 Å². The number of nitrogens with one attached hydrogen (secondary N) is 1. The molecule has 0 bridgehead atoms. The normalized spacial score (nSPS) is 15.1. The smallest absolute Gasteiger partial charge is 0.324 e. The number of urea groups is 1. The fraction of sp³-hybridized carbons (Fsp3) is 0.167. The van der Waals surface area contributed by atoms with Crippen LogP contribution in [0, 0.1) is 0 Å². The molecule has 1 N–H and O–H groups in total. The fourth-order valence-electron chi connectivity index (χ4n) is 1.96. The zero-order valence-corrected chi connectivity index (χ0v) is 9.87. The van der Waals surface area contributed by atoms with Crippen LogP contribution in [0.15, 0.2) is 35.3 Å². The Kier molecular flexibility index (Phi) is 2.52. The molecule has 3 rings (SSSR count). The van der Waals surface area contributed by atoms with Crippen LogP contribution in [-0.2, 0) is 11.3 Å². The number of amides is 3. The lowest BCUT2D eigenvalue weighted by molar-refractivity contribution is -0.125. The highest BCUT2D eigenvalue weighted by molar-refractivity contribution is 6.01. The van der Waals surface area contributed by atoms with Crippen molar-refractivity contribution in [2.75, 3.05) is 6.54 Å². The molecule has 96 valence electrons. The summed E-state index contributed by atoms with van der Waals surface area (Å²) in [6.45, 7) is -0.00328. The number of carbonyl (C=O) groups is 2. The van der Waals surface area contributed by atoms with E-state index in [4.69, 9.17) is 0 Å². The minimum atomic E-state index is -0.458. The zero-order chi connectivity index (χ0) is 13.4. The Morgan fingerprint density at radius 2 is 2.11 bits per heavy atom. The van der Waals surface area contributed by atoms with E-state index in [1.807, 2.05) is 0 Å². The van der Waals surface area contributed by atoms with E-state index in [0.29, 0.717) is 11.3 Å². The number of aromatic nitrogens is 2. The van der Waals surface area contributed by atoms with E-state index >= 15 is 0 Å². The second-order valence-corrected chi connectivity index (χ2v) is 4.15. The second kappa shape index (κ2) is 4.20. The molecule has 0 aliphatic carbocycles. The molecule has 2 aromatic rings. The Balaban J connectivity index is 2.00. The quantitative estimate of drug-likeness (QED) is 0.753. The van der Waals surface area contributed by atoms with E-state index in [0.717, 1.165) is 4.90 Å². The van der Waals surface area contributed by atoms with Gasteiger partial charge in [-0.2, -0.15) is 0 Å². The highest BCUT2D eigenvalue weighted by Gasteiger charge is 2.28. The molecular formula is C12H10N4O3. The van der Waals surface area contributed by atoms with Crippen LogP contribution in [0.25, 0.3) is 5.65 Å². The first kappa shape index (κ1) is 11.4. The Hall–Kier alpha value is -2.70. The minimum Gasteiger partial charge on any atom is -0.329 e. The van der Waals surface area contributed by atoms with Crippen LogP contribution < -0.4 is 10.9 Å². The molecule has 19 heavy (non-hydrogen) atoms. The molecule has 1 aliphatic heterocycles. The van der Waals surface area contributed by atoms with Crippen molar-refractivity contribution in [3.63, 3.8) is 0 Å². The summed E-state index contributed by atoms with van der Waals surface area (Å²) < 4.78 is 1.40. The number of hydrogen-bond donors (Lipinski definition) is 1. The number of fused-ring (bicyclic) bond motifs is 1. The standard InChI is InChI=1S/C12H10N4O3/c17-10-5-8(7-16-11(18)6-13-12(16)19)14-9-3-1-2-4-15(9)10/h1-5H,6-7H2,(H,13,19). The van der Waals surface area contributed by atoms with Gasteiger partial charge in [-0.05, 0) is 12.1 Å². The Morgan fingerprint density at radius 3 is 2.84 bits per heavy atom. The van der Waals surface area contributed by atoms with Gasteiger partial charge in [0.15, 0.2) is 0 Å². The first-order chi connectivity index (χ1) is 9.15. The molecule has 0 unspecified atom stereocenters. The third-order valence-electron chi connectivity index (χ3n) is 2.88. The van der Waals surface area contributed by atoms with Crippen LogP contribution in [0.4, 0.5) is 4.79 Å². The molecule has 0 spiro atoms. The number of imide groups is 1. The van der Waals surface area contributed by atoms with Gasteiger partial charge in [0.1, 0.15) is 5.65 Å². The van der Waals surface area contributed by atoms with Crippen molar-refractivity contribution in [3.8, 4) is 0 Å². The average molecular weight is 258 g/mol. The molecule has 7 nitrogen and oxygen atoms in total. The first-order valence-electron chi connectivity index (χ1n) is 5.71. The molecular weight excluding hydrogens is 248 g/mol. The third-order valence-corrected chi connectivity index (χ3v) is 2.88. The van der Waals surface area contributed by atoms with Crippen LogP contribution in [0.3, 0.4) is 0 Å². The maximum atomic E-state index is 11.9. The summed E-state index contributed by atoms with van der Waals surface area (Å²) in [6.07, 6.45) is 1.61. The molecule has 3 amide bonds. The van der Waals surface area contributed by atoms with Gasteiger partial charge in [0.25, 0.3) is 5.56 Å². The van der Waals surface area contributed by atoms with Crippen molar-refractivity contribution in [2.24, 2.45) is 0 Å². The summed E-state index contributed by atoms with van der Waals surface area (Å²) in [5.41, 5.74) is 0.631. The summed E-state index contributed by atoms with van der Waals surface area (Å²) in [5.74, 6) is -0.319. The largest absolute Gasteiger partial charge is 0.329 e. The van der Waals surface area contributed by atoms with Gasteiger partial charge < -0.3 is 5.32 Å². The van der Waals surface area contributed by atoms with Crippen molar-refractivity contribution >= 4 is 17.6 Å². The highest BCUT2D eigenvalue weighted by Crippen LogP contribution is 2.06. The molecule has 0 atom stereocenters. The molecule has 2 aromatic heterocycles. The van der Waals surface area contributed by atoms with E-state index in [9.17, 15) is 14.4 Å². The summed E-state index contributed by atoms with van der Waals surface area (Å²) >= 11 is 0. The van der Waals surface area contributed by atoms with Crippen molar-refractivity contribution in [3.05, 3.63) is 46.5 Å². The van der Waals surface area contributed by atoms with E-state index in [1.54, 1.807) is 24.4 Å². The van der Waals surface area contributed by atoms with Crippen LogP contribution in [0.1, 0.15) is 5.69 Å². The van der Waals surface area contributed by atoms with Crippen molar-refractivity contribution < 1.29 is 9.59 Å². The monoisotopic (exact) mass is 258 g/mol. The SMILES string of the molecule is O=C1CNC(=O)N1Cc1cc(=O)n2ccccc2n1. The second-order valence-electron chi connectivity index (χ2n) is 4.15. The van der Waals surface area contributed by atoms with Crippen LogP contribution >= 0.6 is 0 Å². The predicted octanol–water partition coefficient (Wildman–Crippen LogP) is -0.254. The molecule has 7 heteroatoms. The van der Waals surface area contributed by atoms with Crippen LogP contribution in [0.5, 0.6) is 0 Å². The summed E-state index contributed by atoms with van der Waals surface area (Å²) in [7, 11) is 0. The highest BCUT2D eigenvalue weighted by atomic mass is 16.2. The fourth-order valence-corrected chi connectivity index (χ4v) is 1.96. The topological polar surface area (TPSA) is 83.8 Å². The van der Waals surface area contributed by atoms with Gasteiger partial charge in [-0.1, -0.05) is 6.07 Å². The molecule has 1 saturated heterocycles. The summed E-state index contributed by atoms with van der Waals surface area (Å²) in [6, 6.07) is 6.05. The molecule has 0 saturated carbocycles. The van der Waals surface area contributed by atoms with Gasteiger partial charge in [0.2, 0.25) is 5.91 Å². The zero-order valence-electron chi connectivity index (χ0n) is 9.87. The molecule has 0 radical (unpaired) electrons. The number of hydrogen-bond acceptors (Lipinski definition) is 4. The van der Waals surface area contributed by atoms with Crippen LogP contribution in [-0.4, -0.2) is 32.8 Å². The lowest BCUT2D eigenvalue weighted by Crippen LogP contribution is -2.31. The van der Waals surface area contributed by atoms with Crippen molar-refractivity contribution in [1.82, 2.24) is 19.6 Å². The van der Waals surface area contributed by atoms with Gasteiger partial charge in [-0.3, -0.25) is 18.9 Å². The Bertz CT molecular complexity index is 721. The molecule has 3 heterocycles. The average Bonchev–Trinajstić information content (AvgIpc) is 2.71. The van der Waals surface area contributed by atoms with E-state index in [2.05, 4.69) is 10.3 Å².